The minimum absolute atomic E-state index is 0.0232. The molecule has 0 aliphatic rings. The molecule has 0 bridgehead atoms. The fourth-order valence-electron chi connectivity index (χ4n) is 1.64. The summed E-state index contributed by atoms with van der Waals surface area (Å²) in [5.41, 5.74) is 0.318. The summed E-state index contributed by atoms with van der Waals surface area (Å²) in [6, 6.07) is 0. The molecule has 1 N–H and O–H groups in total. The van der Waals surface area contributed by atoms with Gasteiger partial charge in [-0.15, -0.1) is 0 Å². The van der Waals surface area contributed by atoms with Crippen molar-refractivity contribution in [2.45, 2.75) is 54.4 Å². The lowest BCUT2D eigenvalue weighted by Gasteiger charge is -2.18. The van der Waals surface area contributed by atoms with Crippen molar-refractivity contribution in [1.29, 1.82) is 0 Å². The molecule has 0 aliphatic carbocycles. The van der Waals surface area contributed by atoms with E-state index in [4.69, 9.17) is 4.74 Å². The van der Waals surface area contributed by atoms with E-state index in [2.05, 4.69) is 46.9 Å². The Balaban J connectivity index is 3.55. The van der Waals surface area contributed by atoms with Gasteiger partial charge in [0.2, 0.25) is 5.91 Å². The van der Waals surface area contributed by atoms with Gasteiger partial charge >= 0.3 is 0 Å². The SMILES string of the molecule is CC(C)(C)CCNC(=O)CCOCCS(=O)CC(C)(C)C. The third kappa shape index (κ3) is 15.8. The third-order valence-corrected chi connectivity index (χ3v) is 4.53. The fraction of sp³-hybridized carbons (Fsp3) is 0.938. The first-order valence-electron chi connectivity index (χ1n) is 7.69. The van der Waals surface area contributed by atoms with E-state index in [0.717, 1.165) is 6.42 Å². The van der Waals surface area contributed by atoms with Crippen molar-refractivity contribution in [2.24, 2.45) is 10.8 Å². The number of amides is 1. The van der Waals surface area contributed by atoms with Gasteiger partial charge in [-0.2, -0.15) is 0 Å². The van der Waals surface area contributed by atoms with Crippen molar-refractivity contribution in [1.82, 2.24) is 5.32 Å². The van der Waals surface area contributed by atoms with Crippen molar-refractivity contribution in [3.8, 4) is 0 Å². The molecule has 1 amide bonds. The highest BCUT2D eigenvalue weighted by Gasteiger charge is 2.14. The Labute approximate surface area is 132 Å². The van der Waals surface area contributed by atoms with Crippen LogP contribution in [0.1, 0.15) is 54.4 Å². The predicted octanol–water partition coefficient (Wildman–Crippen LogP) is 2.74. The van der Waals surface area contributed by atoms with Gasteiger partial charge in [0.05, 0.1) is 13.2 Å². The maximum atomic E-state index is 11.7. The van der Waals surface area contributed by atoms with Gasteiger partial charge in [-0.1, -0.05) is 41.5 Å². The first-order valence-corrected chi connectivity index (χ1v) is 9.18. The van der Waals surface area contributed by atoms with E-state index in [1.807, 2.05) is 0 Å². The van der Waals surface area contributed by atoms with E-state index in [0.29, 0.717) is 37.7 Å². The van der Waals surface area contributed by atoms with Gasteiger partial charge < -0.3 is 10.1 Å². The fourth-order valence-corrected chi connectivity index (χ4v) is 3.05. The van der Waals surface area contributed by atoms with E-state index < -0.39 is 10.8 Å². The second kappa shape index (κ2) is 9.57. The summed E-state index contributed by atoms with van der Waals surface area (Å²) in [5, 5.41) is 2.89. The van der Waals surface area contributed by atoms with Gasteiger partial charge in [0.1, 0.15) is 0 Å². The molecule has 0 aromatic rings. The van der Waals surface area contributed by atoms with E-state index in [1.165, 1.54) is 0 Å². The maximum Gasteiger partial charge on any atom is 0.222 e. The number of rotatable bonds is 9. The first-order chi connectivity index (χ1) is 9.49. The van der Waals surface area contributed by atoms with E-state index in [9.17, 15) is 9.00 Å². The smallest absolute Gasteiger partial charge is 0.222 e. The third-order valence-electron chi connectivity index (χ3n) is 2.72. The summed E-state index contributed by atoms with van der Waals surface area (Å²) in [7, 11) is -0.844. The molecule has 0 aromatic heterocycles. The molecule has 0 fully saturated rings. The van der Waals surface area contributed by atoms with Gasteiger partial charge in [-0.25, -0.2) is 0 Å². The first kappa shape index (κ1) is 20.6. The van der Waals surface area contributed by atoms with Crippen molar-refractivity contribution in [3.63, 3.8) is 0 Å². The molecule has 0 radical (unpaired) electrons. The number of hydrogen-bond donors (Lipinski definition) is 1. The second-order valence-electron chi connectivity index (χ2n) is 7.87. The van der Waals surface area contributed by atoms with Crippen molar-refractivity contribution < 1.29 is 13.7 Å². The molecule has 21 heavy (non-hydrogen) atoms. The van der Waals surface area contributed by atoms with E-state index >= 15 is 0 Å². The molecule has 5 heteroatoms. The zero-order chi connectivity index (χ0) is 16.5. The Hall–Kier alpha value is -0.420. The molecule has 0 aromatic carbocycles. The van der Waals surface area contributed by atoms with Gasteiger partial charge in [0, 0.05) is 35.3 Å². The summed E-state index contributed by atoms with van der Waals surface area (Å²) in [4.78, 5) is 11.6. The monoisotopic (exact) mass is 319 g/mol. The standard InChI is InChI=1S/C16H33NO3S/c1-15(2,3)8-9-17-14(18)7-10-20-11-12-21(19)13-16(4,5)6/h7-13H2,1-6H3,(H,17,18). The number of ether oxygens (including phenoxy) is 1. The second-order valence-corrected chi connectivity index (χ2v) is 9.45. The predicted molar refractivity (Wildman–Crippen MR) is 89.8 cm³/mol. The van der Waals surface area contributed by atoms with Crippen LogP contribution in [0.3, 0.4) is 0 Å². The quantitative estimate of drug-likeness (QED) is 0.665. The molecular formula is C16H33NO3S. The summed E-state index contributed by atoms with van der Waals surface area (Å²) >= 11 is 0. The number of carbonyl (C=O) groups excluding carboxylic acids is 1. The molecular weight excluding hydrogens is 286 g/mol. The normalized spacial score (nSPS) is 14.0. The van der Waals surface area contributed by atoms with Gasteiger partial charge in [0.15, 0.2) is 0 Å². The van der Waals surface area contributed by atoms with Crippen LogP contribution >= 0.6 is 0 Å². The maximum absolute atomic E-state index is 11.7. The van der Waals surface area contributed by atoms with Crippen LogP contribution in [-0.2, 0) is 20.3 Å². The zero-order valence-electron chi connectivity index (χ0n) is 14.6. The minimum atomic E-state index is -0.844. The Morgan fingerprint density at radius 3 is 2.19 bits per heavy atom. The van der Waals surface area contributed by atoms with Crippen LogP contribution in [0.15, 0.2) is 0 Å². The highest BCUT2D eigenvalue weighted by Crippen LogP contribution is 2.17. The van der Waals surface area contributed by atoms with Crippen LogP contribution < -0.4 is 5.32 Å². The van der Waals surface area contributed by atoms with Crippen LogP contribution in [0, 0.1) is 10.8 Å². The lowest BCUT2D eigenvalue weighted by atomic mass is 9.92. The average molecular weight is 320 g/mol. The van der Waals surface area contributed by atoms with Crippen LogP contribution in [-0.4, -0.2) is 41.4 Å². The summed E-state index contributed by atoms with van der Waals surface area (Å²) in [6.45, 7) is 14.2. The van der Waals surface area contributed by atoms with Crippen molar-refractivity contribution >= 4 is 16.7 Å². The molecule has 0 saturated heterocycles. The van der Waals surface area contributed by atoms with E-state index in [-0.39, 0.29) is 16.7 Å². The summed E-state index contributed by atoms with van der Waals surface area (Å²) in [6.07, 6.45) is 1.33. The average Bonchev–Trinajstić information content (AvgIpc) is 2.24. The largest absolute Gasteiger partial charge is 0.380 e. The number of nitrogens with one attached hydrogen (secondary N) is 1. The van der Waals surface area contributed by atoms with Crippen LogP contribution in [0.4, 0.5) is 0 Å². The van der Waals surface area contributed by atoms with Crippen molar-refractivity contribution in [3.05, 3.63) is 0 Å². The molecule has 0 spiro atoms. The molecule has 126 valence electrons. The highest BCUT2D eigenvalue weighted by molar-refractivity contribution is 7.85. The van der Waals surface area contributed by atoms with Gasteiger partial charge in [0.25, 0.3) is 0 Å². The molecule has 0 aliphatic heterocycles. The lowest BCUT2D eigenvalue weighted by molar-refractivity contribution is -0.122. The minimum Gasteiger partial charge on any atom is -0.380 e. The zero-order valence-corrected chi connectivity index (χ0v) is 15.4. The number of hydrogen-bond acceptors (Lipinski definition) is 3. The highest BCUT2D eigenvalue weighted by atomic mass is 32.2. The van der Waals surface area contributed by atoms with Gasteiger partial charge in [-0.3, -0.25) is 9.00 Å². The Morgan fingerprint density at radius 2 is 1.67 bits per heavy atom. The topological polar surface area (TPSA) is 55.4 Å². The molecule has 4 nitrogen and oxygen atoms in total. The molecule has 0 saturated carbocycles. The van der Waals surface area contributed by atoms with Crippen LogP contribution in [0.25, 0.3) is 0 Å². The molecule has 0 rings (SSSR count). The molecule has 1 unspecified atom stereocenters. The Morgan fingerprint density at radius 1 is 1.05 bits per heavy atom. The van der Waals surface area contributed by atoms with E-state index in [1.54, 1.807) is 0 Å². The summed E-state index contributed by atoms with van der Waals surface area (Å²) in [5.74, 6) is 1.25. The lowest BCUT2D eigenvalue weighted by Crippen LogP contribution is -2.28. The summed E-state index contributed by atoms with van der Waals surface area (Å²) < 4.78 is 17.1. The molecule has 1 atom stereocenters. The van der Waals surface area contributed by atoms with Crippen LogP contribution in [0.2, 0.25) is 0 Å². The number of carbonyl (C=O) groups is 1. The van der Waals surface area contributed by atoms with Gasteiger partial charge in [-0.05, 0) is 17.3 Å². The van der Waals surface area contributed by atoms with Crippen molar-refractivity contribution in [2.75, 3.05) is 31.3 Å². The Bertz CT molecular complexity index is 329. The molecule has 0 heterocycles. The van der Waals surface area contributed by atoms with Crippen LogP contribution in [0.5, 0.6) is 0 Å². The Kier molecular flexibility index (Phi) is 9.38.